The molecule has 0 spiro atoms. The number of amides is 1. The lowest BCUT2D eigenvalue weighted by Gasteiger charge is -2.30. The van der Waals surface area contributed by atoms with Gasteiger partial charge in [-0.15, -0.1) is 0 Å². The molecule has 0 heterocycles. The Balaban J connectivity index is 1.87. The first-order chi connectivity index (χ1) is 13.5. The number of hydrogen-bond acceptors (Lipinski definition) is 5. The van der Waals surface area contributed by atoms with Crippen molar-refractivity contribution in [3.8, 4) is 11.5 Å². The summed E-state index contributed by atoms with van der Waals surface area (Å²) in [5, 5.41) is 10.8. The normalized spacial score (nSPS) is 19.1. The molecule has 1 aromatic carbocycles. The Labute approximate surface area is 172 Å². The molecule has 28 heavy (non-hydrogen) atoms. The maximum atomic E-state index is 11.5. The van der Waals surface area contributed by atoms with Gasteiger partial charge in [0.05, 0.1) is 13.3 Å². The maximum absolute atomic E-state index is 11.5. The number of ether oxygens (including phenoxy) is 2. The Hall–Kier alpha value is -2.35. The summed E-state index contributed by atoms with van der Waals surface area (Å²) < 4.78 is 10.8. The van der Waals surface area contributed by atoms with Crippen LogP contribution in [0, 0.1) is 5.92 Å². The number of carbonyl (C=O) groups excluding carboxylic acids is 1. The molecule has 7 nitrogen and oxygen atoms in total. The van der Waals surface area contributed by atoms with E-state index in [1.54, 1.807) is 25.5 Å². The zero-order valence-electron chi connectivity index (χ0n) is 16.8. The van der Waals surface area contributed by atoms with Crippen LogP contribution in [0.2, 0.25) is 0 Å². The average molecular weight is 407 g/mol. The van der Waals surface area contributed by atoms with E-state index in [0.717, 1.165) is 12.0 Å². The highest BCUT2D eigenvalue weighted by Gasteiger charge is 2.21. The number of thiocarbonyl (C=S) groups is 1. The summed E-state index contributed by atoms with van der Waals surface area (Å²) in [6.07, 6.45) is 6.57. The van der Waals surface area contributed by atoms with Crippen molar-refractivity contribution in [2.75, 3.05) is 20.3 Å². The average Bonchev–Trinajstić information content (AvgIpc) is 2.68. The third-order valence-electron chi connectivity index (χ3n) is 4.73. The van der Waals surface area contributed by atoms with E-state index in [2.05, 4.69) is 28.1 Å². The Bertz CT molecular complexity index is 696. The van der Waals surface area contributed by atoms with Gasteiger partial charge in [-0.05, 0) is 61.7 Å². The number of hydrogen-bond donors (Lipinski definition) is 3. The van der Waals surface area contributed by atoms with Crippen molar-refractivity contribution in [2.45, 2.75) is 45.6 Å². The first-order valence-corrected chi connectivity index (χ1v) is 10.1. The van der Waals surface area contributed by atoms with E-state index in [-0.39, 0.29) is 12.5 Å². The fourth-order valence-electron chi connectivity index (χ4n) is 3.17. The largest absolute Gasteiger partial charge is 0.493 e. The van der Waals surface area contributed by atoms with E-state index in [0.29, 0.717) is 35.1 Å². The molecule has 0 saturated heterocycles. The van der Waals surface area contributed by atoms with Gasteiger partial charge in [0.15, 0.2) is 23.2 Å². The first kappa shape index (κ1) is 21.9. The zero-order valence-corrected chi connectivity index (χ0v) is 17.6. The van der Waals surface area contributed by atoms with E-state index in [4.69, 9.17) is 21.7 Å². The summed E-state index contributed by atoms with van der Waals surface area (Å²) >= 11 is 5.33. The van der Waals surface area contributed by atoms with Gasteiger partial charge in [0.25, 0.3) is 5.91 Å². The molecule has 1 aromatic rings. The third kappa shape index (κ3) is 6.99. The standard InChI is InChI=1S/C20H30N4O3S/c1-4-21-19(25)13-27-17-10-9-15(11-18(17)26-3)12-22-24-20(28)23-16-8-6-5-7-14(16)2/h9-12,14,16H,4-8,13H2,1-3H3,(H,21,25)(H2,23,24,28)/b22-12-/t14-,16+/m1/s1. The van der Waals surface area contributed by atoms with Crippen LogP contribution in [0.5, 0.6) is 11.5 Å². The number of hydrazone groups is 1. The lowest BCUT2D eigenvalue weighted by molar-refractivity contribution is -0.123. The molecule has 1 fully saturated rings. The maximum Gasteiger partial charge on any atom is 0.257 e. The summed E-state index contributed by atoms with van der Waals surface area (Å²) in [5.41, 5.74) is 3.69. The van der Waals surface area contributed by atoms with E-state index < -0.39 is 0 Å². The third-order valence-corrected chi connectivity index (χ3v) is 4.94. The van der Waals surface area contributed by atoms with Gasteiger partial charge < -0.3 is 20.1 Å². The molecule has 154 valence electrons. The summed E-state index contributed by atoms with van der Waals surface area (Å²) in [6, 6.07) is 5.78. The van der Waals surface area contributed by atoms with E-state index in [9.17, 15) is 4.79 Å². The van der Waals surface area contributed by atoms with Crippen LogP contribution >= 0.6 is 12.2 Å². The van der Waals surface area contributed by atoms with Crippen molar-refractivity contribution >= 4 is 29.5 Å². The number of benzene rings is 1. The monoisotopic (exact) mass is 406 g/mol. The van der Waals surface area contributed by atoms with Gasteiger partial charge in [-0.25, -0.2) is 0 Å². The Morgan fingerprint density at radius 2 is 2.11 bits per heavy atom. The highest BCUT2D eigenvalue weighted by molar-refractivity contribution is 7.80. The molecule has 2 rings (SSSR count). The van der Waals surface area contributed by atoms with Crippen LogP contribution < -0.4 is 25.5 Å². The molecular weight excluding hydrogens is 376 g/mol. The Kier molecular flexibility index (Phi) is 9.00. The van der Waals surface area contributed by atoms with E-state index in [1.165, 1.54) is 19.3 Å². The predicted molar refractivity (Wildman–Crippen MR) is 115 cm³/mol. The lowest BCUT2D eigenvalue weighted by Crippen LogP contribution is -2.44. The summed E-state index contributed by atoms with van der Waals surface area (Å²) in [4.78, 5) is 11.5. The molecule has 1 amide bonds. The van der Waals surface area contributed by atoms with E-state index >= 15 is 0 Å². The number of nitrogens with one attached hydrogen (secondary N) is 3. The Morgan fingerprint density at radius 1 is 1.32 bits per heavy atom. The van der Waals surface area contributed by atoms with Crippen molar-refractivity contribution in [2.24, 2.45) is 11.0 Å². The SMILES string of the molecule is CCNC(=O)COc1ccc(/C=N\NC(=S)N[C@H]2CCCC[C@H]2C)cc1OC. The fraction of sp³-hybridized carbons (Fsp3) is 0.550. The summed E-state index contributed by atoms with van der Waals surface area (Å²) in [5.74, 6) is 1.48. The smallest absolute Gasteiger partial charge is 0.257 e. The van der Waals surface area contributed by atoms with Gasteiger partial charge in [0.2, 0.25) is 0 Å². The van der Waals surface area contributed by atoms with Crippen molar-refractivity contribution in [3.05, 3.63) is 23.8 Å². The second kappa shape index (κ2) is 11.5. The van der Waals surface area contributed by atoms with Crippen molar-refractivity contribution in [3.63, 3.8) is 0 Å². The quantitative estimate of drug-likeness (QED) is 0.350. The highest BCUT2D eigenvalue weighted by atomic mass is 32.1. The van der Waals surface area contributed by atoms with Crippen LogP contribution in [0.15, 0.2) is 23.3 Å². The first-order valence-electron chi connectivity index (χ1n) is 9.70. The molecule has 8 heteroatoms. The molecule has 0 aromatic heterocycles. The number of nitrogens with zero attached hydrogens (tertiary/aromatic N) is 1. The number of likely N-dealkylation sites (N-methyl/N-ethyl adjacent to an activating group) is 1. The Morgan fingerprint density at radius 3 is 2.82 bits per heavy atom. The van der Waals surface area contributed by atoms with Crippen LogP contribution in [0.3, 0.4) is 0 Å². The lowest BCUT2D eigenvalue weighted by atomic mass is 9.86. The number of rotatable bonds is 8. The molecule has 0 bridgehead atoms. The van der Waals surface area contributed by atoms with Crippen LogP contribution in [-0.2, 0) is 4.79 Å². The minimum atomic E-state index is -0.173. The van der Waals surface area contributed by atoms with Crippen LogP contribution in [0.25, 0.3) is 0 Å². The minimum Gasteiger partial charge on any atom is -0.493 e. The molecule has 2 atom stereocenters. The van der Waals surface area contributed by atoms with E-state index in [1.807, 2.05) is 13.0 Å². The second-order valence-corrected chi connectivity index (χ2v) is 7.27. The van der Waals surface area contributed by atoms with Crippen molar-refractivity contribution < 1.29 is 14.3 Å². The molecule has 0 radical (unpaired) electrons. The van der Waals surface area contributed by atoms with Gasteiger partial charge in [-0.2, -0.15) is 5.10 Å². The van der Waals surface area contributed by atoms with Gasteiger partial charge in [0, 0.05) is 12.6 Å². The van der Waals surface area contributed by atoms with Gasteiger partial charge >= 0.3 is 0 Å². The minimum absolute atomic E-state index is 0.0568. The molecule has 0 aliphatic heterocycles. The molecule has 0 unspecified atom stereocenters. The molecule has 1 aliphatic rings. The molecular formula is C20H30N4O3S. The van der Waals surface area contributed by atoms with Gasteiger partial charge in [-0.3, -0.25) is 10.2 Å². The summed E-state index contributed by atoms with van der Waals surface area (Å²) in [6.45, 7) is 4.62. The zero-order chi connectivity index (χ0) is 20.4. The summed E-state index contributed by atoms with van der Waals surface area (Å²) in [7, 11) is 1.55. The fourth-order valence-corrected chi connectivity index (χ4v) is 3.38. The number of methoxy groups -OCH3 is 1. The van der Waals surface area contributed by atoms with Gasteiger partial charge in [0.1, 0.15) is 0 Å². The highest BCUT2D eigenvalue weighted by Crippen LogP contribution is 2.27. The second-order valence-electron chi connectivity index (χ2n) is 6.86. The number of carbonyl (C=O) groups is 1. The molecule has 1 aliphatic carbocycles. The predicted octanol–water partition coefficient (Wildman–Crippen LogP) is 2.59. The molecule has 3 N–H and O–H groups in total. The van der Waals surface area contributed by atoms with Crippen LogP contribution in [0.4, 0.5) is 0 Å². The van der Waals surface area contributed by atoms with Crippen LogP contribution in [0.1, 0.15) is 45.1 Å². The van der Waals surface area contributed by atoms with Gasteiger partial charge in [-0.1, -0.05) is 19.8 Å². The molecule has 1 saturated carbocycles. The van der Waals surface area contributed by atoms with Crippen molar-refractivity contribution in [1.82, 2.24) is 16.1 Å². The topological polar surface area (TPSA) is 84.0 Å². The van der Waals surface area contributed by atoms with Crippen molar-refractivity contribution in [1.29, 1.82) is 0 Å². The van der Waals surface area contributed by atoms with Crippen LogP contribution in [-0.4, -0.2) is 43.5 Å².